The van der Waals surface area contributed by atoms with E-state index in [1.54, 1.807) is 25.1 Å². The van der Waals surface area contributed by atoms with Crippen LogP contribution < -0.4 is 0 Å². The maximum absolute atomic E-state index is 13.2. The zero-order valence-electron chi connectivity index (χ0n) is 18.7. The molecule has 0 N–H and O–H groups in total. The Hall–Kier alpha value is -2.55. The third-order valence-corrected chi connectivity index (χ3v) is 5.56. The normalized spacial score (nSPS) is 16.1. The molecule has 0 fully saturated rings. The van der Waals surface area contributed by atoms with Gasteiger partial charge in [-0.3, -0.25) is 4.79 Å². The Balaban J connectivity index is 2.35. The first-order valence-corrected chi connectivity index (χ1v) is 10.2. The molecule has 3 atom stereocenters. The van der Waals surface area contributed by atoms with E-state index < -0.39 is 46.9 Å². The van der Waals surface area contributed by atoms with Crippen LogP contribution in [0.5, 0.6) is 0 Å². The van der Waals surface area contributed by atoms with E-state index in [4.69, 9.17) is 9.47 Å². The Labute approximate surface area is 188 Å². The fourth-order valence-corrected chi connectivity index (χ4v) is 3.68. The number of halogens is 6. The average Bonchev–Trinajstić information content (AvgIpc) is 2.75. The SMILES string of the molecule is COC(=O)[C@@H](C)C[C@@](C)(CO[C@H](C)c1cc(C(F)(F)F)cc(C(F)(F)F)c1)c1ccccc1. The molecular weight excluding hydrogens is 450 g/mol. The average molecular weight is 476 g/mol. The Kier molecular flexibility index (Phi) is 8.22. The van der Waals surface area contributed by atoms with Crippen LogP contribution in [0.4, 0.5) is 26.3 Å². The molecule has 2 aromatic carbocycles. The molecule has 0 spiro atoms. The quantitative estimate of drug-likeness (QED) is 0.305. The van der Waals surface area contributed by atoms with Crippen molar-refractivity contribution in [3.05, 3.63) is 70.8 Å². The van der Waals surface area contributed by atoms with Gasteiger partial charge in [-0.15, -0.1) is 0 Å². The summed E-state index contributed by atoms with van der Waals surface area (Å²) in [5.41, 5.74) is -2.97. The molecule has 0 aromatic heterocycles. The van der Waals surface area contributed by atoms with Crippen LogP contribution in [0.3, 0.4) is 0 Å². The molecule has 0 saturated heterocycles. The van der Waals surface area contributed by atoms with Gasteiger partial charge in [0, 0.05) is 5.41 Å². The fourth-order valence-electron chi connectivity index (χ4n) is 3.68. The van der Waals surface area contributed by atoms with E-state index in [2.05, 4.69) is 0 Å². The van der Waals surface area contributed by atoms with Gasteiger partial charge in [0.1, 0.15) is 0 Å². The molecule has 0 heterocycles. The van der Waals surface area contributed by atoms with Crippen molar-refractivity contribution in [2.75, 3.05) is 13.7 Å². The molecule has 0 radical (unpaired) electrons. The lowest BCUT2D eigenvalue weighted by molar-refractivity contribution is -0.146. The third kappa shape index (κ3) is 6.96. The predicted octanol–water partition coefficient (Wildman–Crippen LogP) is 6.96. The number of alkyl halides is 6. The number of carbonyl (C=O) groups excluding carboxylic acids is 1. The number of benzene rings is 2. The summed E-state index contributed by atoms with van der Waals surface area (Å²) in [6.07, 6.45) is -10.6. The van der Waals surface area contributed by atoms with Crippen LogP contribution >= 0.6 is 0 Å². The molecular formula is C24H26F6O3. The van der Waals surface area contributed by atoms with Crippen molar-refractivity contribution in [3.8, 4) is 0 Å². The van der Waals surface area contributed by atoms with E-state index in [0.717, 1.165) is 5.56 Å². The zero-order valence-corrected chi connectivity index (χ0v) is 18.7. The van der Waals surface area contributed by atoms with Crippen molar-refractivity contribution < 1.29 is 40.6 Å². The highest BCUT2D eigenvalue weighted by molar-refractivity contribution is 5.72. The van der Waals surface area contributed by atoms with Crippen LogP contribution in [0.1, 0.15) is 55.5 Å². The second-order valence-electron chi connectivity index (χ2n) is 8.35. The largest absolute Gasteiger partial charge is 0.469 e. The van der Waals surface area contributed by atoms with Crippen molar-refractivity contribution >= 4 is 5.97 Å². The van der Waals surface area contributed by atoms with Gasteiger partial charge in [0.25, 0.3) is 0 Å². The number of hydrogen-bond acceptors (Lipinski definition) is 3. The summed E-state index contributed by atoms with van der Waals surface area (Å²) in [4.78, 5) is 12.0. The third-order valence-electron chi connectivity index (χ3n) is 5.56. The molecule has 0 aliphatic heterocycles. The van der Waals surface area contributed by atoms with Gasteiger partial charge >= 0.3 is 18.3 Å². The van der Waals surface area contributed by atoms with Gasteiger partial charge in [0.2, 0.25) is 0 Å². The molecule has 33 heavy (non-hydrogen) atoms. The summed E-state index contributed by atoms with van der Waals surface area (Å²) in [6.45, 7) is 4.85. The van der Waals surface area contributed by atoms with Crippen molar-refractivity contribution in [3.63, 3.8) is 0 Å². The van der Waals surface area contributed by atoms with Gasteiger partial charge in [0.15, 0.2) is 0 Å². The highest BCUT2D eigenvalue weighted by Crippen LogP contribution is 2.39. The lowest BCUT2D eigenvalue weighted by Crippen LogP contribution is -2.33. The molecule has 9 heteroatoms. The number of hydrogen-bond donors (Lipinski definition) is 0. The van der Waals surface area contributed by atoms with E-state index in [1.165, 1.54) is 14.0 Å². The highest BCUT2D eigenvalue weighted by atomic mass is 19.4. The summed E-state index contributed by atoms with van der Waals surface area (Å²) in [5.74, 6) is -0.942. The van der Waals surface area contributed by atoms with Gasteiger partial charge < -0.3 is 9.47 Å². The Morgan fingerprint density at radius 2 is 1.39 bits per heavy atom. The van der Waals surface area contributed by atoms with E-state index in [0.29, 0.717) is 18.6 Å². The molecule has 2 aromatic rings. The van der Waals surface area contributed by atoms with E-state index in [-0.39, 0.29) is 18.2 Å². The molecule has 3 nitrogen and oxygen atoms in total. The number of esters is 1. The molecule has 0 saturated carbocycles. The van der Waals surface area contributed by atoms with Gasteiger partial charge in [-0.1, -0.05) is 44.2 Å². The van der Waals surface area contributed by atoms with Crippen LogP contribution in [0.25, 0.3) is 0 Å². The van der Waals surface area contributed by atoms with Crippen LogP contribution in [0.15, 0.2) is 48.5 Å². The number of carbonyl (C=O) groups is 1. The Bertz CT molecular complexity index is 907. The summed E-state index contributed by atoms with van der Waals surface area (Å²) in [7, 11) is 1.27. The smallest absolute Gasteiger partial charge is 0.416 e. The first-order valence-electron chi connectivity index (χ1n) is 10.2. The van der Waals surface area contributed by atoms with Gasteiger partial charge in [-0.25, -0.2) is 0 Å². The summed E-state index contributed by atoms with van der Waals surface area (Å²) in [5, 5.41) is 0. The maximum atomic E-state index is 13.2. The summed E-state index contributed by atoms with van der Waals surface area (Å²) in [6, 6.07) is 10.5. The standard InChI is InChI=1S/C24H26F6O3/c1-15(21(31)32-4)13-22(3,18-8-6-5-7-9-18)14-33-16(2)17-10-19(23(25,26)27)12-20(11-17)24(28,29)30/h5-12,15-16H,13-14H2,1-4H3/t15-,16+,22-/m0/s1. The molecule has 0 aliphatic carbocycles. The molecule has 0 unspecified atom stereocenters. The second kappa shape index (κ2) is 10.2. The Morgan fingerprint density at radius 3 is 1.85 bits per heavy atom. The number of methoxy groups -OCH3 is 1. The van der Waals surface area contributed by atoms with Gasteiger partial charge in [-0.05, 0) is 42.7 Å². The second-order valence-corrected chi connectivity index (χ2v) is 8.35. The maximum Gasteiger partial charge on any atom is 0.416 e. The van der Waals surface area contributed by atoms with Crippen molar-refractivity contribution in [2.45, 2.75) is 51.1 Å². The van der Waals surface area contributed by atoms with Crippen molar-refractivity contribution in [1.29, 1.82) is 0 Å². The lowest BCUT2D eigenvalue weighted by Gasteiger charge is -2.33. The predicted molar refractivity (Wildman–Crippen MR) is 110 cm³/mol. The monoisotopic (exact) mass is 476 g/mol. The number of ether oxygens (including phenoxy) is 2. The van der Waals surface area contributed by atoms with Gasteiger partial charge in [-0.2, -0.15) is 26.3 Å². The molecule has 182 valence electrons. The van der Waals surface area contributed by atoms with Gasteiger partial charge in [0.05, 0.1) is 36.9 Å². The van der Waals surface area contributed by atoms with Crippen LogP contribution in [-0.4, -0.2) is 19.7 Å². The fraction of sp³-hybridized carbons (Fsp3) is 0.458. The first kappa shape index (κ1) is 26.7. The number of rotatable bonds is 8. The first-order chi connectivity index (χ1) is 15.2. The topological polar surface area (TPSA) is 35.5 Å². The zero-order chi connectivity index (χ0) is 25.0. The molecule has 0 aliphatic rings. The molecule has 0 bridgehead atoms. The van der Waals surface area contributed by atoms with E-state index in [1.807, 2.05) is 19.1 Å². The summed E-state index contributed by atoms with van der Waals surface area (Å²) < 4.78 is 89.8. The minimum Gasteiger partial charge on any atom is -0.469 e. The minimum atomic E-state index is -4.94. The molecule has 0 amide bonds. The van der Waals surface area contributed by atoms with Crippen LogP contribution in [0, 0.1) is 5.92 Å². The van der Waals surface area contributed by atoms with E-state index >= 15 is 0 Å². The Morgan fingerprint density at radius 1 is 0.879 bits per heavy atom. The minimum absolute atomic E-state index is 0.0445. The summed E-state index contributed by atoms with van der Waals surface area (Å²) >= 11 is 0. The molecule has 2 rings (SSSR count). The highest BCUT2D eigenvalue weighted by Gasteiger charge is 2.38. The van der Waals surface area contributed by atoms with Crippen molar-refractivity contribution in [2.24, 2.45) is 5.92 Å². The van der Waals surface area contributed by atoms with Crippen LogP contribution in [-0.2, 0) is 32.0 Å². The van der Waals surface area contributed by atoms with Crippen molar-refractivity contribution in [1.82, 2.24) is 0 Å². The lowest BCUT2D eigenvalue weighted by atomic mass is 9.76. The van der Waals surface area contributed by atoms with E-state index in [9.17, 15) is 31.1 Å². The van der Waals surface area contributed by atoms with Crippen LogP contribution in [0.2, 0.25) is 0 Å².